The van der Waals surface area contributed by atoms with Gasteiger partial charge in [0.05, 0.1) is 15.9 Å². The standard InChI is InChI=1S/C16H24N2O5S/c1-12(16(19)13-5-3-2-4-6-13)11-17-24(22,23)15-9-7-14(8-10-15)18(20)21/h7-10,12-13,16-17,19H,2-6,11H2,1H3/t12-,16?/m1/s1. The zero-order valence-corrected chi connectivity index (χ0v) is 14.5. The second kappa shape index (κ2) is 8.04. The third-order valence-corrected chi connectivity index (χ3v) is 6.11. The third-order valence-electron chi connectivity index (χ3n) is 4.67. The zero-order chi connectivity index (χ0) is 17.7. The van der Waals surface area contributed by atoms with Gasteiger partial charge in [0.25, 0.3) is 5.69 Å². The number of non-ortho nitro benzene ring substituents is 1. The summed E-state index contributed by atoms with van der Waals surface area (Å²) >= 11 is 0. The fourth-order valence-corrected chi connectivity index (χ4v) is 4.28. The minimum absolute atomic E-state index is 0.0209. The highest BCUT2D eigenvalue weighted by atomic mass is 32.2. The summed E-state index contributed by atoms with van der Waals surface area (Å²) in [5.41, 5.74) is -0.157. The van der Waals surface area contributed by atoms with Crippen molar-refractivity contribution in [3.8, 4) is 0 Å². The molecule has 0 bridgehead atoms. The van der Waals surface area contributed by atoms with Crippen LogP contribution in [0.4, 0.5) is 5.69 Å². The van der Waals surface area contributed by atoms with Crippen LogP contribution in [-0.4, -0.2) is 31.1 Å². The quantitative estimate of drug-likeness (QED) is 0.576. The molecule has 1 aromatic carbocycles. The number of hydrogen-bond donors (Lipinski definition) is 2. The Bertz CT molecular complexity index is 654. The Labute approximate surface area is 142 Å². The van der Waals surface area contributed by atoms with Crippen molar-refractivity contribution in [3.63, 3.8) is 0 Å². The first kappa shape index (κ1) is 18.8. The topological polar surface area (TPSA) is 110 Å². The molecule has 2 atom stereocenters. The molecular formula is C16H24N2O5S. The minimum atomic E-state index is -3.75. The van der Waals surface area contributed by atoms with Crippen LogP contribution in [0.1, 0.15) is 39.0 Å². The molecule has 0 spiro atoms. The Morgan fingerprint density at radius 2 is 1.83 bits per heavy atom. The van der Waals surface area contributed by atoms with Crippen LogP contribution in [0.3, 0.4) is 0 Å². The van der Waals surface area contributed by atoms with Crippen LogP contribution in [0.2, 0.25) is 0 Å². The van der Waals surface area contributed by atoms with Gasteiger partial charge in [0.2, 0.25) is 10.0 Å². The van der Waals surface area contributed by atoms with Gasteiger partial charge >= 0.3 is 0 Å². The predicted octanol–water partition coefficient (Wildman–Crippen LogP) is 2.45. The molecule has 7 nitrogen and oxygen atoms in total. The highest BCUT2D eigenvalue weighted by Gasteiger charge is 2.27. The fraction of sp³-hybridized carbons (Fsp3) is 0.625. The van der Waals surface area contributed by atoms with E-state index in [1.54, 1.807) is 0 Å². The highest BCUT2D eigenvalue weighted by Crippen LogP contribution is 2.29. The van der Waals surface area contributed by atoms with Gasteiger partial charge in [-0.25, -0.2) is 13.1 Å². The average Bonchev–Trinajstić information content (AvgIpc) is 2.60. The summed E-state index contributed by atoms with van der Waals surface area (Å²) in [6, 6.07) is 4.75. The van der Waals surface area contributed by atoms with Crippen molar-refractivity contribution in [3.05, 3.63) is 34.4 Å². The molecule has 1 unspecified atom stereocenters. The Morgan fingerprint density at radius 1 is 1.25 bits per heavy atom. The van der Waals surface area contributed by atoms with Crippen LogP contribution >= 0.6 is 0 Å². The van der Waals surface area contributed by atoms with E-state index in [4.69, 9.17) is 0 Å². The molecule has 0 heterocycles. The first-order chi connectivity index (χ1) is 11.3. The normalized spacial score (nSPS) is 18.9. The SMILES string of the molecule is C[C@H](CNS(=O)(=O)c1ccc([N+](=O)[O-])cc1)C(O)C1CCCCC1. The molecule has 0 saturated heterocycles. The van der Waals surface area contributed by atoms with Crippen molar-refractivity contribution in [1.29, 1.82) is 0 Å². The summed E-state index contributed by atoms with van der Waals surface area (Å²) in [4.78, 5) is 10.0. The van der Waals surface area contributed by atoms with Crippen LogP contribution < -0.4 is 4.72 Å². The largest absolute Gasteiger partial charge is 0.393 e. The Balaban J connectivity index is 1.94. The average molecular weight is 356 g/mol. The highest BCUT2D eigenvalue weighted by molar-refractivity contribution is 7.89. The zero-order valence-electron chi connectivity index (χ0n) is 13.7. The summed E-state index contributed by atoms with van der Waals surface area (Å²) in [6.07, 6.45) is 4.88. The lowest BCUT2D eigenvalue weighted by atomic mass is 9.81. The van der Waals surface area contributed by atoms with Crippen molar-refractivity contribution in [2.45, 2.75) is 50.0 Å². The lowest BCUT2D eigenvalue weighted by molar-refractivity contribution is -0.384. The predicted molar refractivity (Wildman–Crippen MR) is 90.0 cm³/mol. The number of benzene rings is 1. The number of sulfonamides is 1. The van der Waals surface area contributed by atoms with Gasteiger partial charge in [0.1, 0.15) is 0 Å². The molecule has 0 amide bonds. The van der Waals surface area contributed by atoms with Crippen molar-refractivity contribution >= 4 is 15.7 Å². The second-order valence-corrected chi connectivity index (χ2v) is 8.24. The molecule has 2 rings (SSSR count). The molecule has 8 heteroatoms. The molecule has 2 N–H and O–H groups in total. The summed E-state index contributed by atoms with van der Waals surface area (Å²) in [6.45, 7) is 1.97. The number of rotatable bonds is 7. The number of nitrogens with zero attached hydrogens (tertiary/aromatic N) is 1. The summed E-state index contributed by atoms with van der Waals surface area (Å²) in [7, 11) is -3.75. The van der Waals surface area contributed by atoms with E-state index < -0.39 is 21.1 Å². The maximum absolute atomic E-state index is 12.3. The first-order valence-corrected chi connectivity index (χ1v) is 9.72. The molecule has 1 saturated carbocycles. The van der Waals surface area contributed by atoms with Crippen LogP contribution in [0.5, 0.6) is 0 Å². The van der Waals surface area contributed by atoms with E-state index in [1.807, 2.05) is 6.92 Å². The van der Waals surface area contributed by atoms with E-state index in [9.17, 15) is 23.6 Å². The molecule has 0 radical (unpaired) electrons. The molecule has 24 heavy (non-hydrogen) atoms. The van der Waals surface area contributed by atoms with Crippen molar-refractivity contribution in [2.24, 2.45) is 11.8 Å². The molecule has 1 aliphatic carbocycles. The monoisotopic (exact) mass is 356 g/mol. The van der Waals surface area contributed by atoms with Crippen molar-refractivity contribution < 1.29 is 18.4 Å². The van der Waals surface area contributed by atoms with Crippen LogP contribution in [0, 0.1) is 22.0 Å². The van der Waals surface area contributed by atoms with Gasteiger partial charge < -0.3 is 5.11 Å². The molecule has 0 aliphatic heterocycles. The number of aliphatic hydroxyl groups is 1. The first-order valence-electron chi connectivity index (χ1n) is 8.23. The van der Waals surface area contributed by atoms with Gasteiger partial charge in [-0.3, -0.25) is 10.1 Å². The van der Waals surface area contributed by atoms with Crippen LogP contribution in [-0.2, 0) is 10.0 Å². The maximum Gasteiger partial charge on any atom is 0.269 e. The number of nitro benzene ring substituents is 1. The van der Waals surface area contributed by atoms with E-state index >= 15 is 0 Å². The molecule has 1 fully saturated rings. The Morgan fingerprint density at radius 3 is 2.38 bits per heavy atom. The number of aliphatic hydroxyl groups excluding tert-OH is 1. The van der Waals surface area contributed by atoms with Gasteiger partial charge in [0.15, 0.2) is 0 Å². The molecular weight excluding hydrogens is 332 g/mol. The van der Waals surface area contributed by atoms with Gasteiger partial charge in [0, 0.05) is 18.7 Å². The minimum Gasteiger partial charge on any atom is -0.393 e. The van der Waals surface area contributed by atoms with Crippen LogP contribution in [0.25, 0.3) is 0 Å². The summed E-state index contributed by atoms with van der Waals surface area (Å²) in [5, 5.41) is 21.0. The smallest absolute Gasteiger partial charge is 0.269 e. The maximum atomic E-state index is 12.3. The lowest BCUT2D eigenvalue weighted by Gasteiger charge is -2.30. The van der Waals surface area contributed by atoms with Crippen molar-refractivity contribution in [1.82, 2.24) is 4.72 Å². The molecule has 0 aromatic heterocycles. The fourth-order valence-electron chi connectivity index (χ4n) is 3.13. The summed E-state index contributed by atoms with van der Waals surface area (Å²) in [5.74, 6) is 0.0403. The van der Waals surface area contributed by atoms with Crippen molar-refractivity contribution in [2.75, 3.05) is 6.54 Å². The van der Waals surface area contributed by atoms with E-state index in [-0.39, 0.29) is 29.0 Å². The number of nitrogens with one attached hydrogen (secondary N) is 1. The number of hydrogen-bond acceptors (Lipinski definition) is 5. The Hall–Kier alpha value is -1.51. The molecule has 134 valence electrons. The van der Waals surface area contributed by atoms with E-state index in [2.05, 4.69) is 4.72 Å². The molecule has 1 aliphatic rings. The van der Waals surface area contributed by atoms with Gasteiger partial charge in [-0.15, -0.1) is 0 Å². The van der Waals surface area contributed by atoms with E-state index in [1.165, 1.54) is 18.6 Å². The number of nitro groups is 1. The second-order valence-electron chi connectivity index (χ2n) is 6.47. The lowest BCUT2D eigenvalue weighted by Crippen LogP contribution is -2.37. The third kappa shape index (κ3) is 4.75. The van der Waals surface area contributed by atoms with E-state index in [0.29, 0.717) is 0 Å². The summed E-state index contributed by atoms with van der Waals surface area (Å²) < 4.78 is 27.0. The van der Waals surface area contributed by atoms with Crippen LogP contribution in [0.15, 0.2) is 29.2 Å². The van der Waals surface area contributed by atoms with E-state index in [0.717, 1.165) is 37.8 Å². The Kier molecular flexibility index (Phi) is 6.31. The molecule has 1 aromatic rings. The van der Waals surface area contributed by atoms with Gasteiger partial charge in [-0.05, 0) is 36.8 Å². The van der Waals surface area contributed by atoms with Gasteiger partial charge in [-0.2, -0.15) is 0 Å². The van der Waals surface area contributed by atoms with Gasteiger partial charge in [-0.1, -0.05) is 26.2 Å².